The van der Waals surface area contributed by atoms with E-state index in [2.05, 4.69) is 4.98 Å². The van der Waals surface area contributed by atoms with Crippen LogP contribution >= 0.6 is 0 Å². The van der Waals surface area contributed by atoms with E-state index in [0.717, 1.165) is 6.07 Å². The maximum absolute atomic E-state index is 11.9. The van der Waals surface area contributed by atoms with Crippen LogP contribution in [0, 0.1) is 6.92 Å². The second kappa shape index (κ2) is 2.82. The highest BCUT2D eigenvalue weighted by molar-refractivity contribution is 5.26. The summed E-state index contributed by atoms with van der Waals surface area (Å²) in [7, 11) is 0. The van der Waals surface area contributed by atoms with Gasteiger partial charge >= 0.3 is 0 Å². The van der Waals surface area contributed by atoms with Crippen LogP contribution in [0.3, 0.4) is 0 Å². The molecule has 0 aliphatic heterocycles. The van der Waals surface area contributed by atoms with E-state index in [1.165, 1.54) is 13.0 Å². The van der Waals surface area contributed by atoms with E-state index in [0.29, 0.717) is 0 Å². The number of hydrogen-bond acceptors (Lipinski definition) is 2. The minimum Gasteiger partial charge on any atom is -0.506 e. The summed E-state index contributed by atoms with van der Waals surface area (Å²) in [6.07, 6.45) is -2.57. The summed E-state index contributed by atoms with van der Waals surface area (Å²) < 4.78 is 23.9. The van der Waals surface area contributed by atoms with Crippen LogP contribution in [0.4, 0.5) is 8.78 Å². The van der Waals surface area contributed by atoms with Crippen molar-refractivity contribution in [3.05, 3.63) is 23.5 Å². The molecule has 0 aliphatic carbocycles. The van der Waals surface area contributed by atoms with Gasteiger partial charge in [-0.3, -0.25) is 0 Å². The molecule has 1 aromatic rings. The molecule has 0 bridgehead atoms. The average molecular weight is 159 g/mol. The van der Waals surface area contributed by atoms with Crippen molar-refractivity contribution in [3.8, 4) is 5.75 Å². The second-order valence-corrected chi connectivity index (χ2v) is 2.14. The molecule has 11 heavy (non-hydrogen) atoms. The standard InChI is InChI=1S/C7H7F2NO/c1-4-6(11)3-2-5(10-4)7(8)9/h2-3,7,11H,1H3. The lowest BCUT2D eigenvalue weighted by molar-refractivity contribution is 0.145. The Kier molecular flexibility index (Phi) is 2.03. The van der Waals surface area contributed by atoms with Crippen LogP contribution in [0.15, 0.2) is 12.1 Å². The highest BCUT2D eigenvalue weighted by Crippen LogP contribution is 2.20. The molecule has 0 saturated heterocycles. The number of aromatic hydroxyl groups is 1. The summed E-state index contributed by atoms with van der Waals surface area (Å²) in [5, 5.41) is 8.92. The van der Waals surface area contributed by atoms with E-state index < -0.39 is 6.43 Å². The van der Waals surface area contributed by atoms with Gasteiger partial charge in [-0.1, -0.05) is 0 Å². The molecular formula is C7H7F2NO. The van der Waals surface area contributed by atoms with E-state index >= 15 is 0 Å². The molecule has 0 unspecified atom stereocenters. The van der Waals surface area contributed by atoms with Gasteiger partial charge in [0.15, 0.2) is 0 Å². The SMILES string of the molecule is Cc1nc(C(F)F)ccc1O. The minimum absolute atomic E-state index is 0.0607. The fraction of sp³-hybridized carbons (Fsp3) is 0.286. The summed E-state index contributed by atoms with van der Waals surface area (Å²) >= 11 is 0. The molecule has 1 N–H and O–H groups in total. The molecule has 0 aliphatic rings. The van der Waals surface area contributed by atoms with Crippen LogP contribution in [0.5, 0.6) is 5.75 Å². The Balaban J connectivity index is 3.05. The molecule has 0 fully saturated rings. The number of aryl methyl sites for hydroxylation is 1. The normalized spacial score (nSPS) is 10.5. The van der Waals surface area contributed by atoms with Gasteiger partial charge in [-0.15, -0.1) is 0 Å². The highest BCUT2D eigenvalue weighted by atomic mass is 19.3. The number of hydrogen-bond donors (Lipinski definition) is 1. The molecule has 2 nitrogen and oxygen atoms in total. The Hall–Kier alpha value is -1.19. The summed E-state index contributed by atoms with van der Waals surface area (Å²) in [6, 6.07) is 2.32. The predicted octanol–water partition coefficient (Wildman–Crippen LogP) is 2.03. The fourth-order valence-electron chi connectivity index (χ4n) is 0.695. The van der Waals surface area contributed by atoms with Gasteiger partial charge < -0.3 is 5.11 Å². The van der Waals surface area contributed by atoms with Crippen molar-refractivity contribution in [2.24, 2.45) is 0 Å². The largest absolute Gasteiger partial charge is 0.506 e. The van der Waals surface area contributed by atoms with Gasteiger partial charge in [0.1, 0.15) is 11.4 Å². The Labute approximate surface area is 62.5 Å². The zero-order valence-electron chi connectivity index (χ0n) is 5.88. The van der Waals surface area contributed by atoms with Crippen LogP contribution < -0.4 is 0 Å². The van der Waals surface area contributed by atoms with Crippen molar-refractivity contribution >= 4 is 0 Å². The van der Waals surface area contributed by atoms with Crippen LogP contribution in [0.1, 0.15) is 17.8 Å². The first-order valence-electron chi connectivity index (χ1n) is 3.06. The Morgan fingerprint density at radius 2 is 2.09 bits per heavy atom. The van der Waals surface area contributed by atoms with E-state index in [1.807, 2.05) is 0 Å². The van der Waals surface area contributed by atoms with Gasteiger partial charge in [0.05, 0.1) is 5.69 Å². The molecular weight excluding hydrogens is 152 g/mol. The number of pyridine rings is 1. The quantitative estimate of drug-likeness (QED) is 0.680. The Bertz CT molecular complexity index is 263. The number of alkyl halides is 2. The Morgan fingerprint density at radius 3 is 2.55 bits per heavy atom. The molecule has 4 heteroatoms. The predicted molar refractivity (Wildman–Crippen MR) is 35.6 cm³/mol. The van der Waals surface area contributed by atoms with E-state index in [4.69, 9.17) is 5.11 Å². The Morgan fingerprint density at radius 1 is 1.45 bits per heavy atom. The monoisotopic (exact) mass is 159 g/mol. The number of aromatic nitrogens is 1. The van der Waals surface area contributed by atoms with Crippen molar-refractivity contribution < 1.29 is 13.9 Å². The molecule has 0 atom stereocenters. The second-order valence-electron chi connectivity index (χ2n) is 2.14. The van der Waals surface area contributed by atoms with Crippen molar-refractivity contribution in [1.82, 2.24) is 4.98 Å². The molecule has 60 valence electrons. The van der Waals surface area contributed by atoms with E-state index in [9.17, 15) is 8.78 Å². The smallest absolute Gasteiger partial charge is 0.280 e. The van der Waals surface area contributed by atoms with E-state index in [1.54, 1.807) is 0 Å². The lowest BCUT2D eigenvalue weighted by Gasteiger charge is -2.00. The van der Waals surface area contributed by atoms with Gasteiger partial charge in [-0.25, -0.2) is 13.8 Å². The third-order valence-corrected chi connectivity index (χ3v) is 1.30. The van der Waals surface area contributed by atoms with Crippen molar-refractivity contribution in [2.75, 3.05) is 0 Å². The van der Waals surface area contributed by atoms with E-state index in [-0.39, 0.29) is 17.1 Å². The van der Waals surface area contributed by atoms with Gasteiger partial charge in [-0.05, 0) is 19.1 Å². The average Bonchev–Trinajstić information content (AvgIpc) is 1.94. The number of rotatable bonds is 1. The minimum atomic E-state index is -2.57. The third-order valence-electron chi connectivity index (χ3n) is 1.30. The van der Waals surface area contributed by atoms with Crippen LogP contribution in [0.25, 0.3) is 0 Å². The zero-order chi connectivity index (χ0) is 8.43. The van der Waals surface area contributed by atoms with Crippen molar-refractivity contribution in [2.45, 2.75) is 13.3 Å². The van der Waals surface area contributed by atoms with Gasteiger partial charge in [0.2, 0.25) is 0 Å². The highest BCUT2D eigenvalue weighted by Gasteiger charge is 2.09. The third kappa shape index (κ3) is 1.63. The van der Waals surface area contributed by atoms with Crippen LogP contribution in [-0.2, 0) is 0 Å². The van der Waals surface area contributed by atoms with Crippen LogP contribution in [-0.4, -0.2) is 10.1 Å². The molecule has 1 rings (SSSR count). The number of halogens is 2. The number of nitrogens with zero attached hydrogens (tertiary/aromatic N) is 1. The van der Waals surface area contributed by atoms with Gasteiger partial charge in [-0.2, -0.15) is 0 Å². The fourth-order valence-corrected chi connectivity index (χ4v) is 0.695. The summed E-state index contributed by atoms with van der Waals surface area (Å²) in [6.45, 7) is 1.47. The van der Waals surface area contributed by atoms with Crippen LogP contribution in [0.2, 0.25) is 0 Å². The van der Waals surface area contributed by atoms with Gasteiger partial charge in [0, 0.05) is 0 Å². The first-order valence-corrected chi connectivity index (χ1v) is 3.06. The summed E-state index contributed by atoms with van der Waals surface area (Å²) in [4.78, 5) is 3.47. The molecule has 1 aromatic heterocycles. The molecule has 0 spiro atoms. The molecule has 1 heterocycles. The lowest BCUT2D eigenvalue weighted by Crippen LogP contribution is -1.91. The first-order chi connectivity index (χ1) is 5.11. The maximum atomic E-state index is 11.9. The first kappa shape index (κ1) is 7.91. The van der Waals surface area contributed by atoms with Crippen molar-refractivity contribution in [1.29, 1.82) is 0 Å². The zero-order valence-corrected chi connectivity index (χ0v) is 5.88. The molecule has 0 amide bonds. The van der Waals surface area contributed by atoms with Crippen molar-refractivity contribution in [3.63, 3.8) is 0 Å². The molecule has 0 radical (unpaired) electrons. The summed E-state index contributed by atoms with van der Waals surface area (Å²) in [5.74, 6) is -0.0607. The summed E-state index contributed by atoms with van der Waals surface area (Å²) in [5.41, 5.74) is -0.0805. The molecule has 0 aromatic carbocycles. The van der Waals surface area contributed by atoms with Gasteiger partial charge in [0.25, 0.3) is 6.43 Å². The lowest BCUT2D eigenvalue weighted by atomic mass is 10.3. The maximum Gasteiger partial charge on any atom is 0.280 e. The topological polar surface area (TPSA) is 33.1 Å². The molecule has 0 saturated carbocycles.